The molecule has 1 heterocycles. The Bertz CT molecular complexity index is 389. The van der Waals surface area contributed by atoms with E-state index in [1.54, 1.807) is 13.2 Å². The number of benzene rings is 1. The van der Waals surface area contributed by atoms with E-state index in [2.05, 4.69) is 4.90 Å². The Labute approximate surface area is 107 Å². The third kappa shape index (κ3) is 3.21. The van der Waals surface area contributed by atoms with Crippen LogP contribution in [0.4, 0.5) is 4.39 Å². The van der Waals surface area contributed by atoms with Gasteiger partial charge in [-0.3, -0.25) is 0 Å². The molecule has 0 aliphatic carbocycles. The molecule has 0 atom stereocenters. The molecule has 0 spiro atoms. The Morgan fingerprint density at radius 2 is 2.11 bits per heavy atom. The molecule has 0 bridgehead atoms. The standard InChI is InChI=1S/C14H20FNO2/c1-18-9-8-16-6-4-11(5-7-16)13-10-12(17)2-3-14(13)15/h2-3,10-11,17H,4-9H2,1H3. The van der Waals surface area contributed by atoms with Crippen molar-refractivity contribution < 1.29 is 14.2 Å². The minimum Gasteiger partial charge on any atom is -0.508 e. The smallest absolute Gasteiger partial charge is 0.126 e. The van der Waals surface area contributed by atoms with Gasteiger partial charge in [0, 0.05) is 13.7 Å². The second-order valence-corrected chi connectivity index (χ2v) is 4.81. The van der Waals surface area contributed by atoms with Gasteiger partial charge in [0.15, 0.2) is 0 Å². The molecule has 3 nitrogen and oxygen atoms in total. The first kappa shape index (κ1) is 13.3. The molecule has 0 amide bonds. The summed E-state index contributed by atoms with van der Waals surface area (Å²) in [4.78, 5) is 2.33. The average molecular weight is 253 g/mol. The maximum Gasteiger partial charge on any atom is 0.126 e. The molecular weight excluding hydrogens is 233 g/mol. The number of hydrogen-bond donors (Lipinski definition) is 1. The lowest BCUT2D eigenvalue weighted by molar-refractivity contribution is 0.130. The summed E-state index contributed by atoms with van der Waals surface area (Å²) in [5.41, 5.74) is 0.654. The topological polar surface area (TPSA) is 32.7 Å². The highest BCUT2D eigenvalue weighted by molar-refractivity contribution is 5.31. The van der Waals surface area contributed by atoms with E-state index in [1.807, 2.05) is 0 Å². The van der Waals surface area contributed by atoms with Crippen molar-refractivity contribution in [2.24, 2.45) is 0 Å². The number of piperidine rings is 1. The number of rotatable bonds is 4. The fourth-order valence-corrected chi connectivity index (χ4v) is 2.53. The largest absolute Gasteiger partial charge is 0.508 e. The Kier molecular flexibility index (Phi) is 4.55. The van der Waals surface area contributed by atoms with E-state index in [0.29, 0.717) is 5.56 Å². The number of halogens is 1. The second-order valence-electron chi connectivity index (χ2n) is 4.81. The first-order valence-corrected chi connectivity index (χ1v) is 6.40. The molecule has 1 aromatic carbocycles. The summed E-state index contributed by atoms with van der Waals surface area (Å²) in [6, 6.07) is 4.30. The van der Waals surface area contributed by atoms with Crippen LogP contribution in [0.5, 0.6) is 5.75 Å². The van der Waals surface area contributed by atoms with Gasteiger partial charge in [-0.2, -0.15) is 0 Å². The number of methoxy groups -OCH3 is 1. The van der Waals surface area contributed by atoms with Gasteiger partial charge < -0.3 is 14.7 Å². The number of phenols is 1. The fraction of sp³-hybridized carbons (Fsp3) is 0.571. The molecule has 100 valence electrons. The van der Waals surface area contributed by atoms with Crippen molar-refractivity contribution in [2.75, 3.05) is 33.4 Å². The van der Waals surface area contributed by atoms with Crippen LogP contribution >= 0.6 is 0 Å². The van der Waals surface area contributed by atoms with E-state index < -0.39 is 0 Å². The summed E-state index contributed by atoms with van der Waals surface area (Å²) in [7, 11) is 1.70. The molecule has 0 aromatic heterocycles. The van der Waals surface area contributed by atoms with Crippen LogP contribution in [-0.2, 0) is 4.74 Å². The molecule has 4 heteroatoms. The molecule has 1 aromatic rings. The van der Waals surface area contributed by atoms with Crippen LogP contribution in [0.15, 0.2) is 18.2 Å². The molecule has 1 saturated heterocycles. The number of hydrogen-bond acceptors (Lipinski definition) is 3. The number of phenolic OH excluding ortho intramolecular Hbond substituents is 1. The van der Waals surface area contributed by atoms with E-state index >= 15 is 0 Å². The van der Waals surface area contributed by atoms with Crippen molar-refractivity contribution in [1.29, 1.82) is 0 Å². The molecule has 2 rings (SSSR count). The fourth-order valence-electron chi connectivity index (χ4n) is 2.53. The van der Waals surface area contributed by atoms with Crippen molar-refractivity contribution in [2.45, 2.75) is 18.8 Å². The lowest BCUT2D eigenvalue weighted by Gasteiger charge is -2.32. The van der Waals surface area contributed by atoms with Crippen LogP contribution < -0.4 is 0 Å². The van der Waals surface area contributed by atoms with Gasteiger partial charge in [-0.15, -0.1) is 0 Å². The van der Waals surface area contributed by atoms with Crippen molar-refractivity contribution in [1.82, 2.24) is 4.90 Å². The van der Waals surface area contributed by atoms with E-state index in [0.717, 1.165) is 39.1 Å². The predicted molar refractivity (Wildman–Crippen MR) is 68.4 cm³/mol. The molecule has 0 unspecified atom stereocenters. The molecule has 1 aliphatic heterocycles. The Balaban J connectivity index is 1.94. The Hall–Kier alpha value is -1.13. The third-order valence-electron chi connectivity index (χ3n) is 3.62. The van der Waals surface area contributed by atoms with Gasteiger partial charge in [0.05, 0.1) is 6.61 Å². The summed E-state index contributed by atoms with van der Waals surface area (Å²) in [6.45, 7) is 3.60. The van der Waals surface area contributed by atoms with Crippen LogP contribution in [0.3, 0.4) is 0 Å². The molecule has 18 heavy (non-hydrogen) atoms. The molecule has 1 aliphatic rings. The van der Waals surface area contributed by atoms with Crippen molar-refractivity contribution >= 4 is 0 Å². The quantitative estimate of drug-likeness (QED) is 0.894. The summed E-state index contributed by atoms with van der Waals surface area (Å²) >= 11 is 0. The Morgan fingerprint density at radius 1 is 1.39 bits per heavy atom. The van der Waals surface area contributed by atoms with Gasteiger partial charge in [0.1, 0.15) is 11.6 Å². The van der Waals surface area contributed by atoms with Crippen LogP contribution in [-0.4, -0.2) is 43.4 Å². The first-order valence-electron chi connectivity index (χ1n) is 6.40. The van der Waals surface area contributed by atoms with Gasteiger partial charge in [0.2, 0.25) is 0 Å². The lowest BCUT2D eigenvalue weighted by Crippen LogP contribution is -2.35. The zero-order valence-corrected chi connectivity index (χ0v) is 10.7. The number of ether oxygens (including phenoxy) is 1. The van der Waals surface area contributed by atoms with Gasteiger partial charge >= 0.3 is 0 Å². The lowest BCUT2D eigenvalue weighted by atomic mass is 9.89. The molecule has 1 N–H and O–H groups in total. The average Bonchev–Trinajstić information content (AvgIpc) is 2.40. The summed E-state index contributed by atoms with van der Waals surface area (Å²) < 4.78 is 18.8. The van der Waals surface area contributed by atoms with Gasteiger partial charge in [0.25, 0.3) is 0 Å². The Morgan fingerprint density at radius 3 is 2.78 bits per heavy atom. The first-order chi connectivity index (χ1) is 8.70. The van der Waals surface area contributed by atoms with Crippen molar-refractivity contribution in [3.8, 4) is 5.75 Å². The number of nitrogens with zero attached hydrogens (tertiary/aromatic N) is 1. The van der Waals surface area contributed by atoms with Gasteiger partial charge in [-0.1, -0.05) is 0 Å². The summed E-state index contributed by atoms with van der Waals surface area (Å²) in [5, 5.41) is 9.44. The van der Waals surface area contributed by atoms with E-state index in [4.69, 9.17) is 4.74 Å². The van der Waals surface area contributed by atoms with E-state index in [1.165, 1.54) is 12.1 Å². The third-order valence-corrected chi connectivity index (χ3v) is 3.62. The second kappa shape index (κ2) is 6.16. The maximum atomic E-state index is 13.7. The normalized spacial score (nSPS) is 18.1. The molecule has 0 radical (unpaired) electrons. The van der Waals surface area contributed by atoms with Crippen molar-refractivity contribution in [3.63, 3.8) is 0 Å². The van der Waals surface area contributed by atoms with Crippen molar-refractivity contribution in [3.05, 3.63) is 29.6 Å². The molecule has 0 saturated carbocycles. The summed E-state index contributed by atoms with van der Waals surface area (Å²) in [5.74, 6) is 0.159. The SMILES string of the molecule is COCCN1CCC(c2cc(O)ccc2F)CC1. The van der Waals surface area contributed by atoms with E-state index in [9.17, 15) is 9.50 Å². The number of aromatic hydroxyl groups is 1. The highest BCUT2D eigenvalue weighted by Crippen LogP contribution is 2.31. The van der Waals surface area contributed by atoms with Crippen LogP contribution in [0.1, 0.15) is 24.3 Å². The van der Waals surface area contributed by atoms with Gasteiger partial charge in [-0.25, -0.2) is 4.39 Å². The zero-order valence-electron chi connectivity index (χ0n) is 10.7. The van der Waals surface area contributed by atoms with Crippen LogP contribution in [0, 0.1) is 5.82 Å². The van der Waals surface area contributed by atoms with Crippen LogP contribution in [0.25, 0.3) is 0 Å². The van der Waals surface area contributed by atoms with E-state index in [-0.39, 0.29) is 17.5 Å². The summed E-state index contributed by atoms with van der Waals surface area (Å²) in [6.07, 6.45) is 1.87. The zero-order chi connectivity index (χ0) is 13.0. The monoisotopic (exact) mass is 253 g/mol. The number of likely N-dealkylation sites (tertiary alicyclic amines) is 1. The minimum atomic E-state index is -0.205. The molecule has 1 fully saturated rings. The minimum absolute atomic E-state index is 0.146. The highest BCUT2D eigenvalue weighted by atomic mass is 19.1. The maximum absolute atomic E-state index is 13.7. The highest BCUT2D eigenvalue weighted by Gasteiger charge is 2.22. The van der Waals surface area contributed by atoms with Crippen LogP contribution in [0.2, 0.25) is 0 Å². The predicted octanol–water partition coefficient (Wildman–Crippen LogP) is 2.36. The van der Waals surface area contributed by atoms with Gasteiger partial charge in [-0.05, 0) is 55.6 Å². The molecular formula is C14H20FNO2.